The average molecular weight is 180 g/mol. The van der Waals surface area contributed by atoms with Gasteiger partial charge in [0.15, 0.2) is 0 Å². The van der Waals surface area contributed by atoms with Crippen molar-refractivity contribution in [1.82, 2.24) is 0 Å². The van der Waals surface area contributed by atoms with Crippen LogP contribution in [0.2, 0.25) is 0 Å². The van der Waals surface area contributed by atoms with Crippen molar-refractivity contribution in [2.75, 3.05) is 0 Å². The monoisotopic (exact) mass is 180 g/mol. The SMILES string of the molecule is C=CO/C(C)=C(\C)C1CCCCC1. The Morgan fingerprint density at radius 2 is 1.85 bits per heavy atom. The fourth-order valence-electron chi connectivity index (χ4n) is 2.04. The van der Waals surface area contributed by atoms with Gasteiger partial charge in [-0.3, -0.25) is 0 Å². The maximum atomic E-state index is 5.30. The summed E-state index contributed by atoms with van der Waals surface area (Å²) in [7, 11) is 0. The molecule has 13 heavy (non-hydrogen) atoms. The third kappa shape index (κ3) is 2.91. The van der Waals surface area contributed by atoms with Gasteiger partial charge in [0.05, 0.1) is 12.0 Å². The third-order valence-corrected chi connectivity index (χ3v) is 3.03. The molecule has 1 aliphatic rings. The lowest BCUT2D eigenvalue weighted by molar-refractivity contribution is 0.325. The lowest BCUT2D eigenvalue weighted by Gasteiger charge is -2.23. The second-order valence-corrected chi connectivity index (χ2v) is 3.86. The van der Waals surface area contributed by atoms with Crippen LogP contribution < -0.4 is 0 Å². The Labute approximate surface area is 81.5 Å². The van der Waals surface area contributed by atoms with Crippen LogP contribution in [0.15, 0.2) is 24.2 Å². The Morgan fingerprint density at radius 1 is 1.23 bits per heavy atom. The van der Waals surface area contributed by atoms with Crippen molar-refractivity contribution in [3.05, 3.63) is 24.2 Å². The number of ether oxygens (including phenoxy) is 1. The van der Waals surface area contributed by atoms with E-state index in [1.807, 2.05) is 6.92 Å². The molecule has 0 aromatic heterocycles. The van der Waals surface area contributed by atoms with E-state index in [1.54, 1.807) is 0 Å². The molecule has 0 spiro atoms. The third-order valence-electron chi connectivity index (χ3n) is 3.03. The number of hydrogen-bond donors (Lipinski definition) is 0. The van der Waals surface area contributed by atoms with Crippen LogP contribution in [0.5, 0.6) is 0 Å². The highest BCUT2D eigenvalue weighted by Crippen LogP contribution is 2.31. The first-order valence-electron chi connectivity index (χ1n) is 5.20. The Kier molecular flexibility index (Phi) is 4.07. The Hall–Kier alpha value is -0.720. The molecule has 1 saturated carbocycles. The van der Waals surface area contributed by atoms with Gasteiger partial charge in [0.25, 0.3) is 0 Å². The van der Waals surface area contributed by atoms with Crippen LogP contribution >= 0.6 is 0 Å². The maximum absolute atomic E-state index is 5.30. The summed E-state index contributed by atoms with van der Waals surface area (Å²) in [5.41, 5.74) is 1.42. The quantitative estimate of drug-likeness (QED) is 0.596. The molecule has 0 amide bonds. The zero-order chi connectivity index (χ0) is 9.68. The summed E-state index contributed by atoms with van der Waals surface area (Å²) in [6.45, 7) is 7.79. The summed E-state index contributed by atoms with van der Waals surface area (Å²) in [6, 6.07) is 0. The van der Waals surface area contributed by atoms with Crippen LogP contribution in [0.1, 0.15) is 46.0 Å². The smallest absolute Gasteiger partial charge is 0.0992 e. The largest absolute Gasteiger partial charge is 0.470 e. The minimum absolute atomic E-state index is 0.758. The highest BCUT2D eigenvalue weighted by molar-refractivity contribution is 5.09. The first-order chi connectivity index (χ1) is 6.25. The summed E-state index contributed by atoms with van der Waals surface area (Å²) in [4.78, 5) is 0. The average Bonchev–Trinajstić information content (AvgIpc) is 2.18. The molecule has 0 aromatic carbocycles. The predicted octanol–water partition coefficient (Wildman–Crippen LogP) is 4.02. The highest BCUT2D eigenvalue weighted by Gasteiger charge is 2.16. The van der Waals surface area contributed by atoms with Gasteiger partial charge in [-0.15, -0.1) is 0 Å². The minimum atomic E-state index is 0.758. The van der Waals surface area contributed by atoms with Gasteiger partial charge in [0, 0.05) is 0 Å². The molecule has 1 aliphatic carbocycles. The Balaban J connectivity index is 2.57. The molecule has 74 valence electrons. The fraction of sp³-hybridized carbons (Fsp3) is 0.667. The molecule has 1 fully saturated rings. The molecule has 0 saturated heterocycles. The standard InChI is InChI=1S/C12H20O/c1-4-13-11(3)10(2)12-8-6-5-7-9-12/h4,12H,1,5-9H2,2-3H3/b11-10+. The number of hydrogen-bond acceptors (Lipinski definition) is 1. The van der Waals surface area contributed by atoms with Crippen LogP contribution in [0.25, 0.3) is 0 Å². The zero-order valence-electron chi connectivity index (χ0n) is 8.81. The van der Waals surface area contributed by atoms with E-state index < -0.39 is 0 Å². The maximum Gasteiger partial charge on any atom is 0.0992 e. The first kappa shape index (κ1) is 10.4. The van der Waals surface area contributed by atoms with Crippen LogP contribution in [0.3, 0.4) is 0 Å². The topological polar surface area (TPSA) is 9.23 Å². The van der Waals surface area contributed by atoms with Gasteiger partial charge in [0.1, 0.15) is 0 Å². The van der Waals surface area contributed by atoms with Crippen molar-refractivity contribution in [2.24, 2.45) is 5.92 Å². The lowest BCUT2D eigenvalue weighted by Crippen LogP contribution is -2.09. The Morgan fingerprint density at radius 3 is 2.38 bits per heavy atom. The zero-order valence-corrected chi connectivity index (χ0v) is 8.81. The number of allylic oxidation sites excluding steroid dienone is 2. The first-order valence-corrected chi connectivity index (χ1v) is 5.20. The van der Waals surface area contributed by atoms with Crippen LogP contribution in [-0.4, -0.2) is 0 Å². The molecule has 0 aromatic rings. The second kappa shape index (κ2) is 5.11. The van der Waals surface area contributed by atoms with E-state index in [2.05, 4.69) is 13.5 Å². The Bertz CT molecular complexity index is 197. The molecule has 0 unspecified atom stereocenters. The van der Waals surface area contributed by atoms with Crippen molar-refractivity contribution in [3.8, 4) is 0 Å². The molecule has 0 aliphatic heterocycles. The molecule has 0 heterocycles. The summed E-state index contributed by atoms with van der Waals surface area (Å²) in [5, 5.41) is 0. The summed E-state index contributed by atoms with van der Waals surface area (Å²) >= 11 is 0. The van der Waals surface area contributed by atoms with Crippen molar-refractivity contribution in [3.63, 3.8) is 0 Å². The molecule has 0 N–H and O–H groups in total. The molecule has 1 nitrogen and oxygen atoms in total. The van der Waals surface area contributed by atoms with Crippen molar-refractivity contribution >= 4 is 0 Å². The molecule has 0 bridgehead atoms. The molecule has 0 atom stereocenters. The van der Waals surface area contributed by atoms with Gasteiger partial charge >= 0.3 is 0 Å². The molecule has 1 rings (SSSR count). The van der Waals surface area contributed by atoms with E-state index in [4.69, 9.17) is 4.74 Å². The van der Waals surface area contributed by atoms with E-state index in [0.717, 1.165) is 11.7 Å². The lowest BCUT2D eigenvalue weighted by atomic mass is 9.84. The number of rotatable bonds is 3. The minimum Gasteiger partial charge on any atom is -0.470 e. The predicted molar refractivity (Wildman–Crippen MR) is 56.2 cm³/mol. The van der Waals surface area contributed by atoms with Crippen LogP contribution in [0.4, 0.5) is 0 Å². The summed E-state index contributed by atoms with van der Waals surface area (Å²) in [5.74, 6) is 1.80. The van der Waals surface area contributed by atoms with Gasteiger partial charge in [-0.2, -0.15) is 0 Å². The van der Waals surface area contributed by atoms with E-state index >= 15 is 0 Å². The molecular weight excluding hydrogens is 160 g/mol. The van der Waals surface area contributed by atoms with Crippen molar-refractivity contribution in [1.29, 1.82) is 0 Å². The van der Waals surface area contributed by atoms with Crippen LogP contribution in [-0.2, 0) is 4.74 Å². The van der Waals surface area contributed by atoms with E-state index in [1.165, 1.54) is 43.9 Å². The molecule has 1 heteroatoms. The van der Waals surface area contributed by atoms with Crippen molar-refractivity contribution < 1.29 is 4.74 Å². The summed E-state index contributed by atoms with van der Waals surface area (Å²) in [6.07, 6.45) is 8.35. The van der Waals surface area contributed by atoms with Gasteiger partial charge in [0.2, 0.25) is 0 Å². The van der Waals surface area contributed by atoms with Gasteiger partial charge < -0.3 is 4.74 Å². The fourth-order valence-corrected chi connectivity index (χ4v) is 2.04. The van der Waals surface area contributed by atoms with Crippen LogP contribution in [0, 0.1) is 5.92 Å². The van der Waals surface area contributed by atoms with E-state index in [0.29, 0.717) is 0 Å². The molecular formula is C12H20O. The van der Waals surface area contributed by atoms with Gasteiger partial charge in [-0.25, -0.2) is 0 Å². The summed E-state index contributed by atoms with van der Waals surface area (Å²) < 4.78 is 5.30. The highest BCUT2D eigenvalue weighted by atomic mass is 16.5. The van der Waals surface area contributed by atoms with Gasteiger partial charge in [-0.05, 0) is 38.2 Å². The second-order valence-electron chi connectivity index (χ2n) is 3.86. The van der Waals surface area contributed by atoms with E-state index in [-0.39, 0.29) is 0 Å². The van der Waals surface area contributed by atoms with E-state index in [9.17, 15) is 0 Å². The van der Waals surface area contributed by atoms with Crippen molar-refractivity contribution in [2.45, 2.75) is 46.0 Å². The van der Waals surface area contributed by atoms with Gasteiger partial charge in [-0.1, -0.05) is 25.8 Å². The molecule has 0 radical (unpaired) electrons. The normalized spacial score (nSPS) is 20.8.